The molecule has 0 bridgehead atoms. The molecule has 1 aromatic carbocycles. The zero-order valence-corrected chi connectivity index (χ0v) is 13.9. The number of ketones is 1. The Kier molecular flexibility index (Phi) is 4.09. The molecule has 0 unspecified atom stereocenters. The number of carbonyl (C=O) groups excluding carboxylic acids is 1. The van der Waals surface area contributed by atoms with Gasteiger partial charge < -0.3 is 5.32 Å². The van der Waals surface area contributed by atoms with E-state index in [1.54, 1.807) is 17.5 Å². The fraction of sp³-hybridized carbons (Fsp3) is 0.211. The van der Waals surface area contributed by atoms with Crippen LogP contribution in [0.15, 0.2) is 54.0 Å². The highest BCUT2D eigenvalue weighted by molar-refractivity contribution is 7.10. The second-order valence-corrected chi connectivity index (χ2v) is 6.92. The summed E-state index contributed by atoms with van der Waals surface area (Å²) in [6, 6.07) is 14.3. The maximum absolute atomic E-state index is 12.4. The minimum atomic E-state index is 0.143. The number of Topliss-reactive ketones (excluding diaryl/α,β-unsaturated/α-hetero) is 1. The van der Waals surface area contributed by atoms with E-state index >= 15 is 0 Å². The van der Waals surface area contributed by atoms with Crippen LogP contribution in [-0.2, 0) is 13.0 Å². The predicted octanol–water partition coefficient (Wildman–Crippen LogP) is 4.06. The smallest absolute Gasteiger partial charge is 0.223 e. The third kappa shape index (κ3) is 3.08. The molecule has 0 aliphatic heterocycles. The van der Waals surface area contributed by atoms with Crippen molar-refractivity contribution in [1.82, 2.24) is 9.97 Å². The molecule has 1 aliphatic carbocycles. The predicted molar refractivity (Wildman–Crippen MR) is 95.5 cm³/mol. The highest BCUT2D eigenvalue weighted by atomic mass is 32.1. The lowest BCUT2D eigenvalue weighted by atomic mass is 9.86. The number of rotatable bonds is 4. The number of nitrogens with zero attached hydrogens (tertiary/aromatic N) is 2. The summed E-state index contributed by atoms with van der Waals surface area (Å²) in [5, 5.41) is 5.30. The van der Waals surface area contributed by atoms with Crippen molar-refractivity contribution >= 4 is 23.1 Å². The first-order chi connectivity index (χ1) is 11.8. The normalized spacial score (nSPS) is 16.7. The van der Waals surface area contributed by atoms with Crippen molar-refractivity contribution in [1.29, 1.82) is 0 Å². The number of thiophene rings is 1. The van der Waals surface area contributed by atoms with Crippen LogP contribution in [0.4, 0.5) is 5.95 Å². The highest BCUT2D eigenvalue weighted by Crippen LogP contribution is 2.34. The summed E-state index contributed by atoms with van der Waals surface area (Å²) in [4.78, 5) is 22.5. The number of hydrogen-bond donors (Lipinski definition) is 1. The molecule has 120 valence electrons. The Balaban J connectivity index is 1.54. The lowest BCUT2D eigenvalue weighted by Crippen LogP contribution is -2.20. The summed E-state index contributed by atoms with van der Waals surface area (Å²) in [6.45, 7) is 0.669. The summed E-state index contributed by atoms with van der Waals surface area (Å²) in [6.07, 6.45) is 3.01. The van der Waals surface area contributed by atoms with Gasteiger partial charge in [-0.3, -0.25) is 4.79 Å². The maximum Gasteiger partial charge on any atom is 0.223 e. The summed E-state index contributed by atoms with van der Waals surface area (Å²) < 4.78 is 0. The van der Waals surface area contributed by atoms with E-state index in [4.69, 9.17) is 0 Å². The van der Waals surface area contributed by atoms with Gasteiger partial charge in [0.2, 0.25) is 5.95 Å². The standard InChI is InChI=1S/C19H17N3OS/c23-17-10-14(18-7-4-8-24-18)9-16-15(17)12-21-19(22-16)20-11-13-5-2-1-3-6-13/h1-8,12,14H,9-11H2,(H,20,21,22)/t14-/m0/s1. The second-order valence-electron chi connectivity index (χ2n) is 5.94. The summed E-state index contributed by atoms with van der Waals surface area (Å²) in [7, 11) is 0. The molecule has 1 aliphatic rings. The van der Waals surface area contributed by atoms with Crippen molar-refractivity contribution in [3.63, 3.8) is 0 Å². The molecule has 0 spiro atoms. The van der Waals surface area contributed by atoms with Crippen LogP contribution in [0.5, 0.6) is 0 Å². The van der Waals surface area contributed by atoms with Gasteiger partial charge in [-0.05, 0) is 23.4 Å². The number of anilines is 1. The first kappa shape index (κ1) is 15.0. The molecule has 2 aromatic heterocycles. The number of fused-ring (bicyclic) bond motifs is 1. The van der Waals surface area contributed by atoms with Crippen molar-refractivity contribution in [2.24, 2.45) is 0 Å². The molecule has 0 fully saturated rings. The Morgan fingerprint density at radius 2 is 2.00 bits per heavy atom. The van der Waals surface area contributed by atoms with E-state index in [2.05, 4.69) is 38.9 Å². The van der Waals surface area contributed by atoms with Gasteiger partial charge in [-0.2, -0.15) is 0 Å². The fourth-order valence-corrected chi connectivity index (χ4v) is 3.86. The molecule has 4 rings (SSSR count). The molecule has 5 heteroatoms. The van der Waals surface area contributed by atoms with Crippen molar-refractivity contribution in [3.8, 4) is 0 Å². The van der Waals surface area contributed by atoms with E-state index in [0.717, 1.165) is 12.1 Å². The van der Waals surface area contributed by atoms with Crippen LogP contribution >= 0.6 is 11.3 Å². The number of nitrogens with one attached hydrogen (secondary N) is 1. The van der Waals surface area contributed by atoms with Gasteiger partial charge in [0.15, 0.2) is 5.78 Å². The quantitative estimate of drug-likeness (QED) is 0.781. The lowest BCUT2D eigenvalue weighted by molar-refractivity contribution is 0.0963. The average Bonchev–Trinajstić information content (AvgIpc) is 3.15. The van der Waals surface area contributed by atoms with Crippen LogP contribution in [0.1, 0.15) is 38.8 Å². The van der Waals surface area contributed by atoms with Crippen LogP contribution in [0.25, 0.3) is 0 Å². The zero-order valence-electron chi connectivity index (χ0n) is 13.1. The van der Waals surface area contributed by atoms with Gasteiger partial charge in [0.05, 0.1) is 11.3 Å². The van der Waals surface area contributed by atoms with Gasteiger partial charge in [-0.1, -0.05) is 36.4 Å². The lowest BCUT2D eigenvalue weighted by Gasteiger charge is -2.22. The van der Waals surface area contributed by atoms with E-state index in [0.29, 0.717) is 24.5 Å². The SMILES string of the molecule is O=C1C[C@@H](c2cccs2)Cc2nc(NCc3ccccc3)ncc21. The van der Waals surface area contributed by atoms with E-state index in [1.807, 2.05) is 24.3 Å². The Bertz CT molecular complexity index is 846. The minimum Gasteiger partial charge on any atom is -0.350 e. The van der Waals surface area contributed by atoms with Crippen LogP contribution in [0.2, 0.25) is 0 Å². The highest BCUT2D eigenvalue weighted by Gasteiger charge is 2.28. The van der Waals surface area contributed by atoms with Crippen LogP contribution in [-0.4, -0.2) is 15.8 Å². The van der Waals surface area contributed by atoms with Crippen LogP contribution in [0, 0.1) is 0 Å². The topological polar surface area (TPSA) is 54.9 Å². The van der Waals surface area contributed by atoms with Crippen molar-refractivity contribution in [2.45, 2.75) is 25.3 Å². The summed E-state index contributed by atoms with van der Waals surface area (Å²) >= 11 is 1.71. The Hall–Kier alpha value is -2.53. The minimum absolute atomic E-state index is 0.143. The third-order valence-corrected chi connectivity index (χ3v) is 5.31. The van der Waals surface area contributed by atoms with E-state index in [1.165, 1.54) is 10.4 Å². The maximum atomic E-state index is 12.4. The number of carbonyl (C=O) groups is 1. The molecule has 0 radical (unpaired) electrons. The summed E-state index contributed by atoms with van der Waals surface area (Å²) in [5.74, 6) is 0.961. The van der Waals surface area contributed by atoms with Crippen LogP contribution < -0.4 is 5.32 Å². The zero-order chi connectivity index (χ0) is 16.4. The molecule has 1 atom stereocenters. The van der Waals surface area contributed by atoms with Gasteiger partial charge >= 0.3 is 0 Å². The monoisotopic (exact) mass is 335 g/mol. The molecule has 24 heavy (non-hydrogen) atoms. The van der Waals surface area contributed by atoms with E-state index in [-0.39, 0.29) is 11.7 Å². The van der Waals surface area contributed by atoms with Gasteiger partial charge in [-0.25, -0.2) is 9.97 Å². The number of benzene rings is 1. The largest absolute Gasteiger partial charge is 0.350 e. The third-order valence-electron chi connectivity index (χ3n) is 4.28. The van der Waals surface area contributed by atoms with Crippen molar-refractivity contribution in [3.05, 3.63) is 75.7 Å². The first-order valence-corrected chi connectivity index (χ1v) is 8.88. The van der Waals surface area contributed by atoms with Crippen molar-refractivity contribution in [2.75, 3.05) is 5.32 Å². The molecule has 2 heterocycles. The molecule has 4 nitrogen and oxygen atoms in total. The van der Waals surface area contributed by atoms with Gasteiger partial charge in [0, 0.05) is 30.0 Å². The van der Waals surface area contributed by atoms with Crippen molar-refractivity contribution < 1.29 is 4.79 Å². The Morgan fingerprint density at radius 3 is 2.79 bits per heavy atom. The second kappa shape index (κ2) is 6.53. The van der Waals surface area contributed by atoms with E-state index < -0.39 is 0 Å². The molecule has 0 saturated carbocycles. The first-order valence-electron chi connectivity index (χ1n) is 8.00. The molecular weight excluding hydrogens is 318 g/mol. The Labute approximate surface area is 144 Å². The van der Waals surface area contributed by atoms with Crippen LogP contribution in [0.3, 0.4) is 0 Å². The molecular formula is C19H17N3OS. The summed E-state index contributed by atoms with van der Waals surface area (Å²) in [5.41, 5.74) is 2.70. The van der Waals surface area contributed by atoms with Gasteiger partial charge in [0.25, 0.3) is 0 Å². The number of hydrogen-bond acceptors (Lipinski definition) is 5. The van der Waals surface area contributed by atoms with Gasteiger partial charge in [-0.15, -0.1) is 11.3 Å². The Morgan fingerprint density at radius 1 is 1.12 bits per heavy atom. The average molecular weight is 335 g/mol. The fourth-order valence-electron chi connectivity index (χ4n) is 3.03. The van der Waals surface area contributed by atoms with Gasteiger partial charge in [0.1, 0.15) is 0 Å². The van der Waals surface area contributed by atoms with E-state index in [9.17, 15) is 4.79 Å². The molecule has 0 saturated heterocycles. The molecule has 3 aromatic rings. The molecule has 1 N–H and O–H groups in total. The number of aromatic nitrogens is 2. The molecule has 0 amide bonds.